The first kappa shape index (κ1) is 18.6. The maximum absolute atomic E-state index is 12.5. The molecule has 1 aliphatic heterocycles. The molecule has 7 heteroatoms. The van der Waals surface area contributed by atoms with Crippen molar-refractivity contribution in [2.45, 2.75) is 19.9 Å². The topological polar surface area (TPSA) is 62.3 Å². The molecule has 3 heterocycles. The van der Waals surface area contributed by atoms with Gasteiger partial charge in [0.05, 0.1) is 22.1 Å². The number of carbonyl (C=O) groups is 2. The van der Waals surface area contributed by atoms with Crippen molar-refractivity contribution in [3.8, 4) is 10.6 Å². The molecule has 0 radical (unpaired) electrons. The number of hydrogen-bond donors (Lipinski definition) is 1. The summed E-state index contributed by atoms with van der Waals surface area (Å²) < 4.78 is 0. The standard InChI is InChI=1S/C21H19N3O2S2/c1-13-16-5-3-4-6-17(16)21(26)24(13)10-9-20(25)22-11-15-7-8-19(28-15)18-12-27-14(2)23-18/h3-8,12H,1,9-11H2,2H3,(H,22,25). The fraction of sp³-hybridized carbons (Fsp3) is 0.190. The molecule has 0 unspecified atom stereocenters. The first-order valence-electron chi connectivity index (χ1n) is 8.91. The van der Waals surface area contributed by atoms with Gasteiger partial charge in [-0.25, -0.2) is 4.98 Å². The monoisotopic (exact) mass is 409 g/mol. The second-order valence-corrected chi connectivity index (χ2v) is 8.72. The number of amides is 2. The summed E-state index contributed by atoms with van der Waals surface area (Å²) in [6.07, 6.45) is 0.238. The average molecular weight is 410 g/mol. The van der Waals surface area contributed by atoms with Gasteiger partial charge in [0.25, 0.3) is 5.91 Å². The Bertz CT molecular complexity index is 1030. The largest absolute Gasteiger partial charge is 0.351 e. The second kappa shape index (κ2) is 7.69. The third kappa shape index (κ3) is 3.63. The minimum atomic E-state index is -0.0881. The lowest BCUT2D eigenvalue weighted by molar-refractivity contribution is -0.121. The Balaban J connectivity index is 1.30. The lowest BCUT2D eigenvalue weighted by Crippen LogP contribution is -2.30. The maximum atomic E-state index is 12.5. The van der Waals surface area contributed by atoms with Crippen LogP contribution in [0.5, 0.6) is 0 Å². The Kier molecular flexibility index (Phi) is 5.11. The van der Waals surface area contributed by atoms with Crippen LogP contribution in [0, 0.1) is 6.92 Å². The number of aryl methyl sites for hydroxylation is 1. The first-order valence-corrected chi connectivity index (χ1v) is 10.6. The highest BCUT2D eigenvalue weighted by atomic mass is 32.1. The highest BCUT2D eigenvalue weighted by Crippen LogP contribution is 2.31. The van der Waals surface area contributed by atoms with Crippen LogP contribution in [0.4, 0.5) is 0 Å². The molecule has 0 atom stereocenters. The molecule has 28 heavy (non-hydrogen) atoms. The molecule has 0 aliphatic carbocycles. The Hall–Kier alpha value is -2.77. The molecule has 1 aromatic carbocycles. The number of nitrogens with one attached hydrogen (secondary N) is 1. The number of thiazole rings is 1. The first-order chi connectivity index (χ1) is 13.5. The molecule has 0 saturated heterocycles. The predicted molar refractivity (Wildman–Crippen MR) is 113 cm³/mol. The van der Waals surface area contributed by atoms with E-state index in [0.717, 1.165) is 26.0 Å². The summed E-state index contributed by atoms with van der Waals surface area (Å²) >= 11 is 3.26. The summed E-state index contributed by atoms with van der Waals surface area (Å²) in [5.74, 6) is -0.175. The number of rotatable bonds is 6. The van der Waals surface area contributed by atoms with E-state index in [0.29, 0.717) is 24.4 Å². The Labute approximate surface area is 171 Å². The number of fused-ring (bicyclic) bond motifs is 1. The molecule has 0 spiro atoms. The van der Waals surface area contributed by atoms with Crippen LogP contribution < -0.4 is 5.32 Å². The smallest absolute Gasteiger partial charge is 0.258 e. The van der Waals surface area contributed by atoms with Gasteiger partial charge in [0, 0.05) is 40.0 Å². The highest BCUT2D eigenvalue weighted by molar-refractivity contribution is 7.16. The van der Waals surface area contributed by atoms with Crippen molar-refractivity contribution < 1.29 is 9.59 Å². The lowest BCUT2D eigenvalue weighted by Gasteiger charge is -2.17. The van der Waals surface area contributed by atoms with E-state index in [1.54, 1.807) is 33.6 Å². The molecule has 1 aliphatic rings. The van der Waals surface area contributed by atoms with Gasteiger partial charge in [-0.15, -0.1) is 22.7 Å². The number of carbonyl (C=O) groups excluding carboxylic acids is 2. The summed E-state index contributed by atoms with van der Waals surface area (Å²) in [7, 11) is 0. The Morgan fingerprint density at radius 1 is 1.21 bits per heavy atom. The van der Waals surface area contributed by atoms with Gasteiger partial charge in [-0.1, -0.05) is 24.8 Å². The minimum absolute atomic E-state index is 0.0870. The summed E-state index contributed by atoms with van der Waals surface area (Å²) in [4.78, 5) is 33.0. The molecule has 2 aromatic heterocycles. The van der Waals surface area contributed by atoms with E-state index >= 15 is 0 Å². The number of benzene rings is 1. The van der Waals surface area contributed by atoms with E-state index in [1.807, 2.05) is 42.6 Å². The Morgan fingerprint density at radius 3 is 2.71 bits per heavy atom. The van der Waals surface area contributed by atoms with Crippen LogP contribution >= 0.6 is 22.7 Å². The van der Waals surface area contributed by atoms with E-state index in [4.69, 9.17) is 0 Å². The third-order valence-electron chi connectivity index (χ3n) is 4.59. The maximum Gasteiger partial charge on any atom is 0.258 e. The van der Waals surface area contributed by atoms with Crippen molar-refractivity contribution in [2.75, 3.05) is 6.54 Å². The lowest BCUT2D eigenvalue weighted by atomic mass is 10.1. The quantitative estimate of drug-likeness (QED) is 0.660. The van der Waals surface area contributed by atoms with Crippen molar-refractivity contribution in [3.05, 3.63) is 69.4 Å². The number of aromatic nitrogens is 1. The summed E-state index contributed by atoms with van der Waals surface area (Å²) in [6, 6.07) is 11.4. The molecule has 5 nitrogen and oxygen atoms in total. The van der Waals surface area contributed by atoms with E-state index < -0.39 is 0 Å². The van der Waals surface area contributed by atoms with Gasteiger partial charge in [-0.3, -0.25) is 9.59 Å². The van der Waals surface area contributed by atoms with Crippen LogP contribution in [0.3, 0.4) is 0 Å². The fourth-order valence-corrected chi connectivity index (χ4v) is 4.74. The van der Waals surface area contributed by atoms with Crippen LogP contribution in [0.2, 0.25) is 0 Å². The molecule has 0 saturated carbocycles. The molecule has 4 rings (SSSR count). The van der Waals surface area contributed by atoms with Crippen molar-refractivity contribution in [1.82, 2.24) is 15.2 Å². The third-order valence-corrected chi connectivity index (χ3v) is 6.48. The zero-order valence-corrected chi connectivity index (χ0v) is 17.0. The van der Waals surface area contributed by atoms with Crippen LogP contribution in [0.25, 0.3) is 16.3 Å². The average Bonchev–Trinajstić information content (AvgIpc) is 3.39. The highest BCUT2D eigenvalue weighted by Gasteiger charge is 2.30. The van der Waals surface area contributed by atoms with Crippen molar-refractivity contribution in [2.24, 2.45) is 0 Å². The van der Waals surface area contributed by atoms with Crippen LogP contribution in [-0.4, -0.2) is 28.2 Å². The van der Waals surface area contributed by atoms with E-state index in [2.05, 4.69) is 16.9 Å². The zero-order valence-electron chi connectivity index (χ0n) is 15.4. The molecule has 142 valence electrons. The predicted octanol–water partition coefficient (Wildman–Crippen LogP) is 4.31. The van der Waals surface area contributed by atoms with Gasteiger partial charge < -0.3 is 10.2 Å². The summed E-state index contributed by atoms with van der Waals surface area (Å²) in [5.41, 5.74) is 3.14. The zero-order chi connectivity index (χ0) is 19.7. The van der Waals surface area contributed by atoms with Gasteiger partial charge in [0.15, 0.2) is 0 Å². The fourth-order valence-electron chi connectivity index (χ4n) is 3.15. The van der Waals surface area contributed by atoms with Crippen LogP contribution in [0.15, 0.2) is 48.4 Å². The molecule has 2 amide bonds. The van der Waals surface area contributed by atoms with Gasteiger partial charge >= 0.3 is 0 Å². The number of nitrogens with zero attached hydrogens (tertiary/aromatic N) is 2. The van der Waals surface area contributed by atoms with Gasteiger partial charge in [-0.05, 0) is 25.1 Å². The van der Waals surface area contributed by atoms with Gasteiger partial charge in [0.2, 0.25) is 5.91 Å². The summed E-state index contributed by atoms with van der Waals surface area (Å²) in [6.45, 7) is 6.79. The molecular weight excluding hydrogens is 390 g/mol. The van der Waals surface area contributed by atoms with Gasteiger partial charge in [0.1, 0.15) is 0 Å². The normalized spacial score (nSPS) is 13.1. The molecule has 0 bridgehead atoms. The van der Waals surface area contributed by atoms with E-state index in [9.17, 15) is 9.59 Å². The molecule has 1 N–H and O–H groups in total. The summed E-state index contributed by atoms with van der Waals surface area (Å²) in [5, 5.41) is 6.01. The van der Waals surface area contributed by atoms with Crippen molar-refractivity contribution in [1.29, 1.82) is 0 Å². The SMILES string of the molecule is C=C1c2ccccc2C(=O)N1CCC(=O)NCc1ccc(-c2csc(C)n2)s1. The van der Waals surface area contributed by atoms with Crippen LogP contribution in [-0.2, 0) is 11.3 Å². The molecule has 3 aromatic rings. The van der Waals surface area contributed by atoms with E-state index in [-0.39, 0.29) is 18.2 Å². The van der Waals surface area contributed by atoms with Crippen LogP contribution in [0.1, 0.15) is 32.2 Å². The minimum Gasteiger partial charge on any atom is -0.351 e. The van der Waals surface area contributed by atoms with Crippen molar-refractivity contribution in [3.63, 3.8) is 0 Å². The second-order valence-electron chi connectivity index (χ2n) is 6.49. The molecule has 0 fully saturated rings. The van der Waals surface area contributed by atoms with E-state index in [1.165, 1.54) is 0 Å². The number of hydrogen-bond acceptors (Lipinski definition) is 5. The molecular formula is C21H19N3O2S2. The van der Waals surface area contributed by atoms with Crippen molar-refractivity contribution >= 4 is 40.2 Å². The number of thiophene rings is 1. The van der Waals surface area contributed by atoms with Gasteiger partial charge in [-0.2, -0.15) is 0 Å². The Morgan fingerprint density at radius 2 is 2.00 bits per heavy atom.